The van der Waals surface area contributed by atoms with Crippen LogP contribution in [0.3, 0.4) is 0 Å². The van der Waals surface area contributed by atoms with Crippen LogP contribution in [-0.4, -0.2) is 61.5 Å². The zero-order valence-electron chi connectivity index (χ0n) is 15.6. The topological polar surface area (TPSA) is 69.7 Å². The normalized spacial score (nSPS) is 21.7. The average molecular weight is 419 g/mol. The summed E-state index contributed by atoms with van der Waals surface area (Å²) in [5.74, 6) is -0.423. The Morgan fingerprint density at radius 1 is 1.29 bits per heavy atom. The first-order chi connectivity index (χ1) is 13.1. The standard InChI is InChI=1S/C18H24F3N3O3S/c1-23(28(26,27)16-7-8-16)15-6-3-9-24(11-15)12-17(25)22-14-5-2-4-13(10-14)18(19,20)21/h2,4-5,10,15-16H,3,6-9,11-12H2,1H3,(H,22,25). The molecule has 1 heterocycles. The van der Waals surface area contributed by atoms with Crippen molar-refractivity contribution in [2.24, 2.45) is 0 Å². The van der Waals surface area contributed by atoms with Gasteiger partial charge in [-0.2, -0.15) is 13.2 Å². The van der Waals surface area contributed by atoms with E-state index in [1.54, 1.807) is 7.05 Å². The van der Waals surface area contributed by atoms with Crippen LogP contribution in [0, 0.1) is 0 Å². The number of nitrogens with one attached hydrogen (secondary N) is 1. The van der Waals surface area contributed by atoms with Crippen molar-refractivity contribution < 1.29 is 26.4 Å². The number of likely N-dealkylation sites (tertiary alicyclic amines) is 1. The summed E-state index contributed by atoms with van der Waals surface area (Å²) in [6, 6.07) is 4.30. The second kappa shape index (κ2) is 8.00. The zero-order valence-corrected chi connectivity index (χ0v) is 16.4. The molecule has 1 atom stereocenters. The predicted octanol–water partition coefficient (Wildman–Crippen LogP) is 2.53. The molecule has 6 nitrogen and oxygen atoms in total. The Hall–Kier alpha value is -1.65. The molecule has 1 saturated heterocycles. The predicted molar refractivity (Wildman–Crippen MR) is 99.2 cm³/mol. The molecule has 1 aliphatic heterocycles. The molecule has 0 aromatic heterocycles. The number of piperidine rings is 1. The van der Waals surface area contributed by atoms with Crippen molar-refractivity contribution in [3.8, 4) is 0 Å². The van der Waals surface area contributed by atoms with Gasteiger partial charge in [-0.3, -0.25) is 9.69 Å². The maximum atomic E-state index is 12.8. The van der Waals surface area contributed by atoms with E-state index in [4.69, 9.17) is 0 Å². The summed E-state index contributed by atoms with van der Waals surface area (Å²) < 4.78 is 64.6. The van der Waals surface area contributed by atoms with Gasteiger partial charge in [0.15, 0.2) is 0 Å². The highest BCUT2D eigenvalue weighted by molar-refractivity contribution is 7.90. The van der Waals surface area contributed by atoms with Gasteiger partial charge in [0.1, 0.15) is 0 Å². The van der Waals surface area contributed by atoms with Crippen LogP contribution in [0.1, 0.15) is 31.2 Å². The van der Waals surface area contributed by atoms with E-state index < -0.39 is 27.7 Å². The van der Waals surface area contributed by atoms with Gasteiger partial charge in [0.05, 0.1) is 17.4 Å². The van der Waals surface area contributed by atoms with Gasteiger partial charge < -0.3 is 5.32 Å². The number of carbonyl (C=O) groups excluding carboxylic acids is 1. The van der Waals surface area contributed by atoms with Gasteiger partial charge in [-0.1, -0.05) is 6.07 Å². The Morgan fingerprint density at radius 3 is 2.64 bits per heavy atom. The zero-order chi connectivity index (χ0) is 20.5. The molecule has 156 valence electrons. The number of benzene rings is 1. The van der Waals surface area contributed by atoms with Crippen LogP contribution < -0.4 is 5.32 Å². The van der Waals surface area contributed by atoms with E-state index in [0.717, 1.165) is 25.0 Å². The molecular weight excluding hydrogens is 395 g/mol. The van der Waals surface area contributed by atoms with Crippen molar-refractivity contribution in [3.05, 3.63) is 29.8 Å². The molecule has 1 aliphatic carbocycles. The molecule has 0 bridgehead atoms. The molecule has 3 rings (SSSR count). The lowest BCUT2D eigenvalue weighted by Gasteiger charge is -2.36. The van der Waals surface area contributed by atoms with Crippen molar-refractivity contribution in [2.45, 2.75) is 43.2 Å². The summed E-state index contributed by atoms with van der Waals surface area (Å²) in [5.41, 5.74) is -0.739. The Morgan fingerprint density at radius 2 is 2.00 bits per heavy atom. The van der Waals surface area contributed by atoms with Crippen LogP contribution in [0.5, 0.6) is 0 Å². The number of nitrogens with zero attached hydrogens (tertiary/aromatic N) is 2. The lowest BCUT2D eigenvalue weighted by Crippen LogP contribution is -2.50. The molecule has 1 saturated carbocycles. The number of hydrogen-bond donors (Lipinski definition) is 1. The van der Waals surface area contributed by atoms with Gasteiger partial charge in [-0.25, -0.2) is 12.7 Å². The monoisotopic (exact) mass is 419 g/mol. The minimum atomic E-state index is -4.47. The smallest absolute Gasteiger partial charge is 0.325 e. The minimum absolute atomic E-state index is 0.00403. The largest absolute Gasteiger partial charge is 0.416 e. The van der Waals surface area contributed by atoms with Gasteiger partial charge >= 0.3 is 6.18 Å². The van der Waals surface area contributed by atoms with Crippen molar-refractivity contribution in [1.29, 1.82) is 0 Å². The third-order valence-corrected chi connectivity index (χ3v) is 7.60. The number of hydrogen-bond acceptors (Lipinski definition) is 4. The van der Waals surface area contributed by atoms with Crippen LogP contribution >= 0.6 is 0 Å². The molecule has 2 fully saturated rings. The number of rotatable bonds is 6. The molecule has 1 N–H and O–H groups in total. The van der Waals surface area contributed by atoms with E-state index in [1.165, 1.54) is 16.4 Å². The molecule has 1 amide bonds. The van der Waals surface area contributed by atoms with Crippen molar-refractivity contribution in [1.82, 2.24) is 9.21 Å². The van der Waals surface area contributed by atoms with Gasteiger partial charge in [0.2, 0.25) is 15.9 Å². The highest BCUT2D eigenvalue weighted by Gasteiger charge is 2.41. The quantitative estimate of drug-likeness (QED) is 0.769. The summed E-state index contributed by atoms with van der Waals surface area (Å²) in [5, 5.41) is 2.21. The first-order valence-corrected chi connectivity index (χ1v) is 10.7. The molecule has 1 aromatic rings. The molecular formula is C18H24F3N3O3S. The lowest BCUT2D eigenvalue weighted by atomic mass is 10.1. The summed E-state index contributed by atoms with van der Waals surface area (Å²) >= 11 is 0. The Labute approximate surface area is 162 Å². The number of likely N-dealkylation sites (N-methyl/N-ethyl adjacent to an activating group) is 1. The Bertz CT molecular complexity index is 825. The van der Waals surface area contributed by atoms with E-state index in [9.17, 15) is 26.4 Å². The summed E-state index contributed by atoms with van der Waals surface area (Å²) in [7, 11) is -1.70. The van der Waals surface area contributed by atoms with Crippen LogP contribution in [0.2, 0.25) is 0 Å². The molecule has 10 heteroatoms. The average Bonchev–Trinajstić information content (AvgIpc) is 3.46. The first-order valence-electron chi connectivity index (χ1n) is 9.23. The van der Waals surface area contributed by atoms with Gasteiger partial charge in [0.25, 0.3) is 0 Å². The Balaban J connectivity index is 1.57. The van der Waals surface area contributed by atoms with E-state index in [-0.39, 0.29) is 23.5 Å². The molecule has 0 spiro atoms. The third-order valence-electron chi connectivity index (χ3n) is 5.18. The second-order valence-corrected chi connectivity index (χ2v) is 9.69. The van der Waals surface area contributed by atoms with E-state index in [1.807, 2.05) is 4.90 Å². The number of carbonyl (C=O) groups is 1. The van der Waals surface area contributed by atoms with Gasteiger partial charge in [-0.15, -0.1) is 0 Å². The van der Waals surface area contributed by atoms with Crippen LogP contribution in [0.4, 0.5) is 18.9 Å². The number of sulfonamides is 1. The minimum Gasteiger partial charge on any atom is -0.325 e. The molecule has 1 aromatic carbocycles. The summed E-state index contributed by atoms with van der Waals surface area (Å²) in [6.07, 6.45) is -1.59. The summed E-state index contributed by atoms with van der Waals surface area (Å²) in [4.78, 5) is 14.1. The highest BCUT2D eigenvalue weighted by atomic mass is 32.2. The van der Waals surface area contributed by atoms with Crippen LogP contribution in [-0.2, 0) is 21.0 Å². The molecule has 2 aliphatic rings. The highest BCUT2D eigenvalue weighted by Crippen LogP contribution is 2.33. The van der Waals surface area contributed by atoms with Gasteiger partial charge in [0, 0.05) is 25.3 Å². The van der Waals surface area contributed by atoms with E-state index >= 15 is 0 Å². The Kier molecular flexibility index (Phi) is 6.02. The van der Waals surface area contributed by atoms with Crippen LogP contribution in [0.15, 0.2) is 24.3 Å². The molecule has 0 radical (unpaired) electrons. The van der Waals surface area contributed by atoms with Crippen molar-refractivity contribution in [2.75, 3.05) is 32.0 Å². The maximum absolute atomic E-state index is 12.8. The van der Waals surface area contributed by atoms with Crippen LogP contribution in [0.25, 0.3) is 0 Å². The first kappa shape index (κ1) is 21.1. The van der Waals surface area contributed by atoms with Crippen molar-refractivity contribution >= 4 is 21.6 Å². The fraction of sp³-hybridized carbons (Fsp3) is 0.611. The molecule has 28 heavy (non-hydrogen) atoms. The lowest BCUT2D eigenvalue weighted by molar-refractivity contribution is -0.137. The van der Waals surface area contributed by atoms with E-state index in [0.29, 0.717) is 25.9 Å². The number of halogens is 3. The summed E-state index contributed by atoms with van der Waals surface area (Å²) in [6.45, 7) is 1.08. The second-order valence-electron chi connectivity index (χ2n) is 7.42. The van der Waals surface area contributed by atoms with Crippen molar-refractivity contribution in [3.63, 3.8) is 0 Å². The number of alkyl halides is 3. The fourth-order valence-corrected chi connectivity index (χ4v) is 5.25. The number of anilines is 1. The molecule has 1 unspecified atom stereocenters. The van der Waals surface area contributed by atoms with Gasteiger partial charge in [-0.05, 0) is 50.4 Å². The SMILES string of the molecule is CN(C1CCCN(CC(=O)Nc2cccc(C(F)(F)F)c2)C1)S(=O)(=O)C1CC1. The maximum Gasteiger partial charge on any atom is 0.416 e. The number of amides is 1. The van der Waals surface area contributed by atoms with E-state index in [2.05, 4.69) is 5.32 Å². The third kappa shape index (κ3) is 5.03. The fourth-order valence-electron chi connectivity index (χ4n) is 3.46.